The van der Waals surface area contributed by atoms with Gasteiger partial charge < -0.3 is 4.90 Å². The number of piperazine rings is 1. The average molecular weight is 376 g/mol. The summed E-state index contributed by atoms with van der Waals surface area (Å²) in [5.74, 6) is 1.24. The molecule has 2 fully saturated rings. The number of fused-ring (bicyclic) bond motifs is 1. The molecule has 0 bridgehead atoms. The number of aromatic nitrogens is 1. The molecule has 1 amide bonds. The summed E-state index contributed by atoms with van der Waals surface area (Å²) < 4.78 is 0. The highest BCUT2D eigenvalue weighted by atomic mass is 32.1. The minimum Gasteiger partial charge on any atom is -0.340 e. The Balaban J connectivity index is 1.26. The van der Waals surface area contributed by atoms with Crippen LogP contribution < -0.4 is 0 Å². The van der Waals surface area contributed by atoms with E-state index in [0.717, 1.165) is 67.6 Å². The second-order valence-corrected chi connectivity index (χ2v) is 9.11. The fourth-order valence-corrected chi connectivity index (χ4v) is 5.62. The largest absolute Gasteiger partial charge is 0.340 e. The third-order valence-electron chi connectivity index (χ3n) is 6.08. The summed E-state index contributed by atoms with van der Waals surface area (Å²) in [5, 5.41) is 1.06. The van der Waals surface area contributed by atoms with Gasteiger partial charge in [0, 0.05) is 39.0 Å². The topological polar surface area (TPSA) is 53.5 Å². The molecule has 0 N–H and O–H groups in total. The Labute approximate surface area is 159 Å². The molecule has 0 atom stereocenters. The van der Waals surface area contributed by atoms with Gasteiger partial charge in [0.25, 0.3) is 0 Å². The number of rotatable bonds is 4. The maximum Gasteiger partial charge on any atom is 0.222 e. The minimum atomic E-state index is 0.271. The van der Waals surface area contributed by atoms with Crippen LogP contribution in [0.25, 0.3) is 0 Å². The SMILES string of the molecule is O=C1CCCc2nc(CN3CCN(C(=O)CC4CCCCC4)CC3)sc21. The first-order valence-corrected chi connectivity index (χ1v) is 11.0. The molecule has 0 unspecified atom stereocenters. The van der Waals surface area contributed by atoms with Crippen molar-refractivity contribution in [1.82, 2.24) is 14.8 Å². The van der Waals surface area contributed by atoms with Crippen molar-refractivity contribution in [2.75, 3.05) is 26.2 Å². The number of aryl methyl sites for hydroxylation is 1. The van der Waals surface area contributed by atoms with Crippen molar-refractivity contribution in [3.05, 3.63) is 15.6 Å². The second-order valence-electron chi connectivity index (χ2n) is 8.03. The van der Waals surface area contributed by atoms with E-state index in [2.05, 4.69) is 9.80 Å². The van der Waals surface area contributed by atoms with Crippen LogP contribution in [0.15, 0.2) is 0 Å². The van der Waals surface area contributed by atoms with Crippen molar-refractivity contribution in [1.29, 1.82) is 0 Å². The monoisotopic (exact) mass is 375 g/mol. The van der Waals surface area contributed by atoms with E-state index in [4.69, 9.17) is 4.98 Å². The standard InChI is InChI=1S/C20H29N3O2S/c24-17-8-4-7-16-20(17)26-18(21-16)14-22-9-11-23(12-10-22)19(25)13-15-5-2-1-3-6-15/h15H,1-14H2. The lowest BCUT2D eigenvalue weighted by Crippen LogP contribution is -2.48. The molecule has 1 saturated carbocycles. The minimum absolute atomic E-state index is 0.271. The van der Waals surface area contributed by atoms with E-state index >= 15 is 0 Å². The lowest BCUT2D eigenvalue weighted by Gasteiger charge is -2.35. The summed E-state index contributed by atoms with van der Waals surface area (Å²) in [6.07, 6.45) is 9.72. The third-order valence-corrected chi connectivity index (χ3v) is 7.21. The molecule has 1 aliphatic heterocycles. The lowest BCUT2D eigenvalue weighted by atomic mass is 9.86. The Kier molecular flexibility index (Phi) is 5.69. The van der Waals surface area contributed by atoms with Crippen molar-refractivity contribution in [2.24, 2.45) is 5.92 Å². The zero-order chi connectivity index (χ0) is 17.9. The Morgan fingerprint density at radius 2 is 1.81 bits per heavy atom. The zero-order valence-electron chi connectivity index (χ0n) is 15.5. The second kappa shape index (κ2) is 8.17. The number of hydrogen-bond acceptors (Lipinski definition) is 5. The highest BCUT2D eigenvalue weighted by molar-refractivity contribution is 7.13. The fourth-order valence-electron chi connectivity index (χ4n) is 4.50. The first-order valence-electron chi connectivity index (χ1n) is 10.2. The van der Waals surface area contributed by atoms with Crippen molar-refractivity contribution in [2.45, 2.75) is 64.3 Å². The van der Waals surface area contributed by atoms with Gasteiger partial charge in [0.15, 0.2) is 5.78 Å². The third kappa shape index (κ3) is 4.17. The molecular formula is C20H29N3O2S. The van der Waals surface area contributed by atoms with Gasteiger partial charge in [-0.2, -0.15) is 0 Å². The van der Waals surface area contributed by atoms with E-state index in [1.165, 1.54) is 32.1 Å². The summed E-state index contributed by atoms with van der Waals surface area (Å²) in [7, 11) is 0. The Morgan fingerprint density at radius 3 is 2.54 bits per heavy atom. The summed E-state index contributed by atoms with van der Waals surface area (Å²) in [6.45, 7) is 4.30. The fraction of sp³-hybridized carbons (Fsp3) is 0.750. The Bertz CT molecular complexity index is 658. The van der Waals surface area contributed by atoms with Crippen molar-refractivity contribution in [3.8, 4) is 0 Å². The van der Waals surface area contributed by atoms with Gasteiger partial charge in [-0.1, -0.05) is 19.3 Å². The molecule has 142 valence electrons. The molecule has 3 aliphatic rings. The normalized spacial score (nSPS) is 22.5. The molecule has 6 heteroatoms. The van der Waals surface area contributed by atoms with E-state index in [9.17, 15) is 9.59 Å². The number of Topliss-reactive ketones (excluding diaryl/α,β-unsaturated/α-hetero) is 1. The maximum atomic E-state index is 12.6. The van der Waals surface area contributed by atoms with E-state index in [-0.39, 0.29) is 5.78 Å². The van der Waals surface area contributed by atoms with Crippen molar-refractivity contribution >= 4 is 23.0 Å². The smallest absolute Gasteiger partial charge is 0.222 e. The molecule has 4 rings (SSSR count). The van der Waals surface area contributed by atoms with Gasteiger partial charge >= 0.3 is 0 Å². The predicted molar refractivity (Wildman–Crippen MR) is 102 cm³/mol. The van der Waals surface area contributed by atoms with E-state index < -0.39 is 0 Å². The Hall–Kier alpha value is -1.27. The first-order chi connectivity index (χ1) is 12.7. The highest BCUT2D eigenvalue weighted by Crippen LogP contribution is 2.28. The van der Waals surface area contributed by atoms with E-state index in [1.54, 1.807) is 11.3 Å². The summed E-state index contributed by atoms with van der Waals surface area (Å²) in [4.78, 5) is 34.6. The molecule has 0 radical (unpaired) electrons. The molecule has 1 aromatic rings. The van der Waals surface area contributed by atoms with Gasteiger partial charge in [0.2, 0.25) is 5.91 Å². The van der Waals surface area contributed by atoms with Crippen LogP contribution in [0.1, 0.15) is 71.7 Å². The van der Waals surface area contributed by atoms with Gasteiger partial charge in [0.1, 0.15) is 5.01 Å². The van der Waals surface area contributed by atoms with E-state index in [1.807, 2.05) is 0 Å². The van der Waals surface area contributed by atoms with Crippen LogP contribution in [0, 0.1) is 5.92 Å². The van der Waals surface area contributed by atoms with Crippen LogP contribution in [-0.2, 0) is 17.8 Å². The number of carbonyl (C=O) groups excluding carboxylic acids is 2. The first kappa shape index (κ1) is 18.1. The van der Waals surface area contributed by atoms with Crippen LogP contribution in [0.3, 0.4) is 0 Å². The van der Waals surface area contributed by atoms with Crippen molar-refractivity contribution < 1.29 is 9.59 Å². The number of thiazole rings is 1. The summed E-state index contributed by atoms with van der Waals surface area (Å²) >= 11 is 1.58. The van der Waals surface area contributed by atoms with Crippen LogP contribution in [0.5, 0.6) is 0 Å². The van der Waals surface area contributed by atoms with Crippen LogP contribution in [-0.4, -0.2) is 52.7 Å². The summed E-state index contributed by atoms with van der Waals surface area (Å²) in [5.41, 5.74) is 1.02. The van der Waals surface area contributed by atoms with Crippen LogP contribution in [0.4, 0.5) is 0 Å². The molecule has 2 heterocycles. The van der Waals surface area contributed by atoms with Gasteiger partial charge in [-0.05, 0) is 31.6 Å². The molecule has 1 saturated heterocycles. The zero-order valence-corrected chi connectivity index (χ0v) is 16.4. The molecule has 26 heavy (non-hydrogen) atoms. The molecule has 0 spiro atoms. The maximum absolute atomic E-state index is 12.6. The van der Waals surface area contributed by atoms with Gasteiger partial charge in [0.05, 0.1) is 17.1 Å². The van der Waals surface area contributed by atoms with Crippen LogP contribution >= 0.6 is 11.3 Å². The highest BCUT2D eigenvalue weighted by Gasteiger charge is 2.26. The Morgan fingerprint density at radius 1 is 1.04 bits per heavy atom. The number of nitrogens with zero attached hydrogens (tertiary/aromatic N) is 3. The molecule has 2 aliphatic carbocycles. The molecule has 1 aromatic heterocycles. The van der Waals surface area contributed by atoms with E-state index in [0.29, 0.717) is 18.2 Å². The molecular weight excluding hydrogens is 346 g/mol. The lowest BCUT2D eigenvalue weighted by molar-refractivity contribution is -0.134. The van der Waals surface area contributed by atoms with Gasteiger partial charge in [-0.3, -0.25) is 14.5 Å². The van der Waals surface area contributed by atoms with Crippen LogP contribution in [0.2, 0.25) is 0 Å². The number of ketones is 1. The molecule has 5 nitrogen and oxygen atoms in total. The summed E-state index contributed by atoms with van der Waals surface area (Å²) in [6, 6.07) is 0. The quantitative estimate of drug-likeness (QED) is 0.810. The van der Waals surface area contributed by atoms with Crippen molar-refractivity contribution in [3.63, 3.8) is 0 Å². The molecule has 0 aromatic carbocycles. The number of carbonyl (C=O) groups is 2. The average Bonchev–Trinajstić information content (AvgIpc) is 3.07. The number of amides is 1. The van der Waals surface area contributed by atoms with Gasteiger partial charge in [-0.25, -0.2) is 4.98 Å². The predicted octanol–water partition coefficient (Wildman–Crippen LogP) is 3.28. The van der Waals surface area contributed by atoms with Gasteiger partial charge in [-0.15, -0.1) is 11.3 Å². The number of hydrogen-bond donors (Lipinski definition) is 0.